The van der Waals surface area contributed by atoms with Gasteiger partial charge in [0.1, 0.15) is 0 Å². The van der Waals surface area contributed by atoms with Crippen molar-refractivity contribution in [1.29, 1.82) is 0 Å². The Morgan fingerprint density at radius 3 is 2.41 bits per heavy atom. The molecule has 0 bridgehead atoms. The minimum Gasteiger partial charge on any atom is -0.113 e. The zero-order chi connectivity index (χ0) is 12.0. The predicted molar refractivity (Wildman–Crippen MR) is 76.3 cm³/mol. The highest BCUT2D eigenvalue weighted by Crippen LogP contribution is 2.49. The predicted octanol–water partition coefficient (Wildman–Crippen LogP) is 4.78. The van der Waals surface area contributed by atoms with E-state index in [-0.39, 0.29) is 0 Å². The summed E-state index contributed by atoms with van der Waals surface area (Å²) < 4.78 is 0. The minimum atomic E-state index is 0.502. The van der Waals surface area contributed by atoms with Gasteiger partial charge in [0, 0.05) is 4.91 Å². The molecule has 86 valence electrons. The lowest BCUT2D eigenvalue weighted by atomic mass is 9.96. The van der Waals surface area contributed by atoms with Crippen LogP contribution < -0.4 is 0 Å². The molecule has 1 aromatic rings. The summed E-state index contributed by atoms with van der Waals surface area (Å²) in [6.45, 7) is 6.63. The third kappa shape index (κ3) is 1.79. The van der Waals surface area contributed by atoms with Crippen molar-refractivity contribution in [1.82, 2.24) is 0 Å². The Bertz CT molecular complexity index is 550. The third-order valence-corrected chi connectivity index (χ3v) is 4.67. The van der Waals surface area contributed by atoms with Crippen LogP contribution in [0.4, 0.5) is 0 Å². The zero-order valence-electron chi connectivity index (χ0n) is 10.4. The third-order valence-electron chi connectivity index (χ3n) is 3.42. The smallest absolute Gasteiger partial charge is 0.0539 e. The van der Waals surface area contributed by atoms with E-state index in [0.717, 1.165) is 0 Å². The molecular formula is C16H16S. The molecule has 3 rings (SSSR count). The minimum absolute atomic E-state index is 0.502. The van der Waals surface area contributed by atoms with E-state index in [1.165, 1.54) is 32.7 Å². The molecule has 0 aromatic heterocycles. The summed E-state index contributed by atoms with van der Waals surface area (Å²) in [4.78, 5) is 1.43. The van der Waals surface area contributed by atoms with Crippen molar-refractivity contribution in [2.75, 3.05) is 0 Å². The number of hydrogen-bond acceptors (Lipinski definition) is 1. The first-order valence-electron chi connectivity index (χ1n) is 6.00. The summed E-state index contributed by atoms with van der Waals surface area (Å²) in [6.07, 6.45) is 8.96. The molecular weight excluding hydrogens is 224 g/mol. The van der Waals surface area contributed by atoms with Crippen molar-refractivity contribution in [2.24, 2.45) is 0 Å². The molecule has 1 aromatic carbocycles. The Balaban J connectivity index is 2.05. The average Bonchev–Trinajstić information content (AvgIpc) is 2.75. The molecule has 0 spiro atoms. The molecule has 0 nitrogen and oxygen atoms in total. The summed E-state index contributed by atoms with van der Waals surface area (Å²) >= 11 is 1.97. The van der Waals surface area contributed by atoms with Crippen LogP contribution in [0.2, 0.25) is 0 Å². The Morgan fingerprint density at radius 1 is 1.06 bits per heavy atom. The first-order valence-corrected chi connectivity index (χ1v) is 6.88. The SMILES string of the molecule is Cc1cc(C)c(C2C=C3C=CC=C3S2)c(C)c1. The van der Waals surface area contributed by atoms with Crippen LogP contribution in [-0.2, 0) is 0 Å². The fourth-order valence-corrected chi connectivity index (χ4v) is 4.19. The number of thioether (sulfide) groups is 1. The van der Waals surface area contributed by atoms with Gasteiger partial charge in [0.15, 0.2) is 0 Å². The molecule has 1 heteroatoms. The zero-order valence-corrected chi connectivity index (χ0v) is 11.3. The molecule has 0 fully saturated rings. The van der Waals surface area contributed by atoms with Gasteiger partial charge in [-0.2, -0.15) is 0 Å². The summed E-state index contributed by atoms with van der Waals surface area (Å²) in [5.41, 5.74) is 7.10. The van der Waals surface area contributed by atoms with E-state index in [4.69, 9.17) is 0 Å². The molecule has 1 aliphatic heterocycles. The molecule has 0 amide bonds. The van der Waals surface area contributed by atoms with Gasteiger partial charge in [0.05, 0.1) is 5.25 Å². The molecule has 0 radical (unpaired) electrons. The Kier molecular flexibility index (Phi) is 2.52. The van der Waals surface area contributed by atoms with Gasteiger partial charge in [0.2, 0.25) is 0 Å². The van der Waals surface area contributed by atoms with Gasteiger partial charge in [0.25, 0.3) is 0 Å². The molecule has 1 heterocycles. The summed E-state index contributed by atoms with van der Waals surface area (Å²) in [5.74, 6) is 0. The lowest BCUT2D eigenvalue weighted by molar-refractivity contribution is 1.13. The quantitative estimate of drug-likeness (QED) is 0.680. The van der Waals surface area contributed by atoms with Crippen LogP contribution in [0.3, 0.4) is 0 Å². The van der Waals surface area contributed by atoms with Crippen LogP contribution >= 0.6 is 11.8 Å². The highest BCUT2D eigenvalue weighted by molar-refractivity contribution is 8.04. The molecule has 1 atom stereocenters. The first kappa shape index (κ1) is 10.9. The maximum atomic E-state index is 2.39. The molecule has 1 aliphatic carbocycles. The Hall–Kier alpha value is -1.21. The van der Waals surface area contributed by atoms with Crippen LogP contribution in [-0.4, -0.2) is 0 Å². The fourth-order valence-electron chi connectivity index (χ4n) is 2.78. The standard InChI is InChI=1S/C16H16S/c1-10-7-11(2)16(12(3)8-10)15-9-13-5-4-6-14(13)17-15/h4-9,15H,1-3H3. The second-order valence-corrected chi connectivity index (χ2v) is 6.05. The van der Waals surface area contributed by atoms with Gasteiger partial charge in [-0.25, -0.2) is 0 Å². The second kappa shape index (κ2) is 3.92. The maximum Gasteiger partial charge on any atom is 0.0539 e. The molecule has 0 saturated heterocycles. The van der Waals surface area contributed by atoms with E-state index in [1.807, 2.05) is 11.8 Å². The first-order chi connectivity index (χ1) is 8.15. The lowest BCUT2D eigenvalue weighted by Gasteiger charge is -2.15. The Morgan fingerprint density at radius 2 is 1.76 bits per heavy atom. The van der Waals surface area contributed by atoms with Crippen LogP contribution in [0.15, 0.2) is 46.9 Å². The van der Waals surface area contributed by atoms with Crippen LogP contribution in [0.1, 0.15) is 27.5 Å². The molecule has 2 aliphatic rings. The average molecular weight is 240 g/mol. The highest BCUT2D eigenvalue weighted by atomic mass is 32.2. The van der Waals surface area contributed by atoms with Crippen molar-refractivity contribution in [3.05, 3.63) is 69.2 Å². The van der Waals surface area contributed by atoms with E-state index < -0.39 is 0 Å². The van der Waals surface area contributed by atoms with Gasteiger partial charge in [-0.3, -0.25) is 0 Å². The monoisotopic (exact) mass is 240 g/mol. The van der Waals surface area contributed by atoms with Gasteiger partial charge < -0.3 is 0 Å². The van der Waals surface area contributed by atoms with E-state index in [1.54, 1.807) is 0 Å². The number of fused-ring (bicyclic) bond motifs is 1. The normalized spacial score (nSPS) is 21.5. The molecule has 1 unspecified atom stereocenters. The highest BCUT2D eigenvalue weighted by Gasteiger charge is 2.25. The number of allylic oxidation sites excluding steroid dienone is 4. The van der Waals surface area contributed by atoms with Crippen LogP contribution in [0, 0.1) is 20.8 Å². The van der Waals surface area contributed by atoms with E-state index in [9.17, 15) is 0 Å². The largest absolute Gasteiger partial charge is 0.113 e. The van der Waals surface area contributed by atoms with Gasteiger partial charge >= 0.3 is 0 Å². The number of benzene rings is 1. The van der Waals surface area contributed by atoms with Crippen molar-refractivity contribution in [3.8, 4) is 0 Å². The van der Waals surface area contributed by atoms with Crippen LogP contribution in [0.5, 0.6) is 0 Å². The summed E-state index contributed by atoms with van der Waals surface area (Å²) in [7, 11) is 0. The second-order valence-electron chi connectivity index (χ2n) is 4.86. The van der Waals surface area contributed by atoms with Crippen LogP contribution in [0.25, 0.3) is 0 Å². The fraction of sp³-hybridized carbons (Fsp3) is 0.250. The van der Waals surface area contributed by atoms with Crippen molar-refractivity contribution >= 4 is 11.8 Å². The van der Waals surface area contributed by atoms with Gasteiger partial charge in [-0.1, -0.05) is 35.9 Å². The Labute approximate surface area is 107 Å². The number of hydrogen-bond donors (Lipinski definition) is 0. The van der Waals surface area contributed by atoms with Crippen molar-refractivity contribution in [2.45, 2.75) is 26.0 Å². The lowest BCUT2D eigenvalue weighted by Crippen LogP contribution is -1.97. The number of rotatable bonds is 1. The topological polar surface area (TPSA) is 0 Å². The number of aryl methyl sites for hydroxylation is 3. The maximum absolute atomic E-state index is 2.39. The van der Waals surface area contributed by atoms with E-state index in [0.29, 0.717) is 5.25 Å². The summed E-state index contributed by atoms with van der Waals surface area (Å²) in [6, 6.07) is 4.58. The molecule has 0 saturated carbocycles. The molecule has 17 heavy (non-hydrogen) atoms. The van der Waals surface area contributed by atoms with E-state index in [2.05, 4.69) is 57.2 Å². The van der Waals surface area contributed by atoms with Gasteiger partial charge in [-0.05, 0) is 49.1 Å². The van der Waals surface area contributed by atoms with Crippen molar-refractivity contribution < 1.29 is 0 Å². The summed E-state index contributed by atoms with van der Waals surface area (Å²) in [5, 5.41) is 0.502. The molecule has 0 N–H and O–H groups in total. The van der Waals surface area contributed by atoms with Crippen molar-refractivity contribution in [3.63, 3.8) is 0 Å². The van der Waals surface area contributed by atoms with Gasteiger partial charge in [-0.15, -0.1) is 11.8 Å². The van der Waals surface area contributed by atoms with E-state index >= 15 is 0 Å².